The normalized spacial score (nSPS) is 26.6. The highest BCUT2D eigenvalue weighted by molar-refractivity contribution is 5.85. The van der Waals surface area contributed by atoms with Gasteiger partial charge in [0, 0.05) is 18.7 Å². The number of nitrogens with zero attached hydrogens (tertiary/aromatic N) is 1. The lowest BCUT2D eigenvalue weighted by Crippen LogP contribution is -2.22. The Balaban J connectivity index is 0. The quantitative estimate of drug-likeness (QED) is 0.540. The number of hydrogen-bond donors (Lipinski definition) is 2. The standard InChI is InChI=1S/C7H15N3O.2ClH/c1-11-10-5-7-4-9-3-6(7)2-8;;/h5-7,9H,2-4,8H2,1H3;2*1H. The molecule has 0 bridgehead atoms. The molecular weight excluding hydrogens is 213 g/mol. The van der Waals surface area contributed by atoms with Crippen LogP contribution in [0.5, 0.6) is 0 Å². The minimum atomic E-state index is 0. The minimum Gasteiger partial charge on any atom is -0.399 e. The maximum atomic E-state index is 5.55. The molecule has 1 rings (SSSR count). The van der Waals surface area contributed by atoms with Crippen molar-refractivity contribution >= 4 is 31.0 Å². The van der Waals surface area contributed by atoms with Crippen LogP contribution in [-0.4, -0.2) is 33.0 Å². The summed E-state index contributed by atoms with van der Waals surface area (Å²) in [6, 6.07) is 0. The lowest BCUT2D eigenvalue weighted by Gasteiger charge is -2.09. The number of hydrogen-bond acceptors (Lipinski definition) is 4. The van der Waals surface area contributed by atoms with E-state index in [-0.39, 0.29) is 24.8 Å². The van der Waals surface area contributed by atoms with Gasteiger partial charge in [0.05, 0.1) is 0 Å². The van der Waals surface area contributed by atoms with Gasteiger partial charge in [0.1, 0.15) is 7.11 Å². The molecule has 0 saturated carbocycles. The van der Waals surface area contributed by atoms with Gasteiger partial charge in [-0.05, 0) is 19.0 Å². The van der Waals surface area contributed by atoms with Crippen LogP contribution in [0.2, 0.25) is 0 Å². The molecule has 2 unspecified atom stereocenters. The number of rotatable bonds is 3. The molecule has 1 aliphatic heterocycles. The topological polar surface area (TPSA) is 59.6 Å². The number of nitrogens with two attached hydrogens (primary N) is 1. The number of nitrogens with one attached hydrogen (secondary N) is 1. The molecule has 0 aliphatic carbocycles. The Morgan fingerprint density at radius 3 is 2.77 bits per heavy atom. The van der Waals surface area contributed by atoms with Crippen molar-refractivity contribution in [2.75, 3.05) is 26.7 Å². The van der Waals surface area contributed by atoms with Gasteiger partial charge in [0.2, 0.25) is 0 Å². The lowest BCUT2D eigenvalue weighted by molar-refractivity contribution is 0.212. The van der Waals surface area contributed by atoms with Crippen LogP contribution in [0.4, 0.5) is 0 Å². The van der Waals surface area contributed by atoms with Gasteiger partial charge in [0.15, 0.2) is 0 Å². The predicted octanol–water partition coefficient (Wildman–Crippen LogP) is 0.256. The molecule has 80 valence electrons. The second-order valence-corrected chi connectivity index (χ2v) is 2.75. The maximum absolute atomic E-state index is 5.55. The van der Waals surface area contributed by atoms with E-state index < -0.39 is 0 Å². The van der Waals surface area contributed by atoms with Gasteiger partial charge in [-0.3, -0.25) is 0 Å². The van der Waals surface area contributed by atoms with Crippen LogP contribution >= 0.6 is 24.8 Å². The Morgan fingerprint density at radius 1 is 1.54 bits per heavy atom. The Morgan fingerprint density at radius 2 is 2.23 bits per heavy atom. The van der Waals surface area contributed by atoms with Crippen LogP contribution < -0.4 is 11.1 Å². The first-order chi connectivity index (χ1) is 5.38. The minimum absolute atomic E-state index is 0. The Bertz CT molecular complexity index is 146. The first kappa shape index (κ1) is 15.4. The lowest BCUT2D eigenvalue weighted by atomic mass is 9.98. The van der Waals surface area contributed by atoms with Gasteiger partial charge in [-0.2, -0.15) is 0 Å². The molecule has 0 spiro atoms. The predicted molar refractivity (Wildman–Crippen MR) is 58.9 cm³/mol. The molecule has 0 amide bonds. The first-order valence-corrected chi connectivity index (χ1v) is 3.86. The smallest absolute Gasteiger partial charge is 0.106 e. The molecule has 2 atom stereocenters. The summed E-state index contributed by atoms with van der Waals surface area (Å²) in [6.45, 7) is 2.68. The Kier molecular flexibility index (Phi) is 10.2. The average molecular weight is 230 g/mol. The molecule has 3 N–H and O–H groups in total. The number of oxime groups is 1. The van der Waals surface area contributed by atoms with Crippen molar-refractivity contribution in [2.24, 2.45) is 22.7 Å². The average Bonchev–Trinajstić information content (AvgIpc) is 2.47. The monoisotopic (exact) mass is 229 g/mol. The summed E-state index contributed by atoms with van der Waals surface area (Å²) in [6.07, 6.45) is 1.83. The van der Waals surface area contributed by atoms with Gasteiger partial charge in [0.25, 0.3) is 0 Å². The summed E-state index contributed by atoms with van der Waals surface area (Å²) in [5.41, 5.74) is 5.55. The van der Waals surface area contributed by atoms with E-state index in [9.17, 15) is 0 Å². The Hall–Kier alpha value is -0.0300. The summed E-state index contributed by atoms with van der Waals surface area (Å²) >= 11 is 0. The molecule has 13 heavy (non-hydrogen) atoms. The van der Waals surface area contributed by atoms with Crippen molar-refractivity contribution < 1.29 is 4.84 Å². The van der Waals surface area contributed by atoms with E-state index in [1.54, 1.807) is 7.11 Å². The van der Waals surface area contributed by atoms with Gasteiger partial charge >= 0.3 is 0 Å². The van der Waals surface area contributed by atoms with E-state index in [4.69, 9.17) is 5.73 Å². The summed E-state index contributed by atoms with van der Waals surface area (Å²) < 4.78 is 0. The summed E-state index contributed by atoms with van der Waals surface area (Å²) in [5.74, 6) is 0.967. The molecule has 4 nitrogen and oxygen atoms in total. The molecule has 0 radical (unpaired) electrons. The fourth-order valence-electron chi connectivity index (χ4n) is 1.33. The highest BCUT2D eigenvalue weighted by Crippen LogP contribution is 2.12. The van der Waals surface area contributed by atoms with Crippen LogP contribution in [0.3, 0.4) is 0 Å². The fourth-order valence-corrected chi connectivity index (χ4v) is 1.33. The second-order valence-electron chi connectivity index (χ2n) is 2.75. The Labute approximate surface area is 91.1 Å². The summed E-state index contributed by atoms with van der Waals surface area (Å²) in [4.78, 5) is 4.60. The van der Waals surface area contributed by atoms with E-state index in [1.807, 2.05) is 6.21 Å². The summed E-state index contributed by atoms with van der Waals surface area (Å²) in [7, 11) is 1.55. The second kappa shape index (κ2) is 8.56. The van der Waals surface area contributed by atoms with Crippen molar-refractivity contribution in [3.05, 3.63) is 0 Å². The van der Waals surface area contributed by atoms with Crippen LogP contribution in [0.1, 0.15) is 0 Å². The van der Waals surface area contributed by atoms with Gasteiger partial charge in [-0.15, -0.1) is 24.8 Å². The maximum Gasteiger partial charge on any atom is 0.106 e. The van der Waals surface area contributed by atoms with Crippen molar-refractivity contribution in [3.63, 3.8) is 0 Å². The highest BCUT2D eigenvalue weighted by Gasteiger charge is 2.23. The van der Waals surface area contributed by atoms with Crippen molar-refractivity contribution in [2.45, 2.75) is 0 Å². The van der Waals surface area contributed by atoms with E-state index in [0.29, 0.717) is 18.4 Å². The molecule has 0 aromatic rings. The third kappa shape index (κ3) is 4.67. The molecular formula is C7H17Cl2N3O. The van der Waals surface area contributed by atoms with Crippen molar-refractivity contribution in [1.82, 2.24) is 5.32 Å². The van der Waals surface area contributed by atoms with Gasteiger partial charge < -0.3 is 15.9 Å². The van der Waals surface area contributed by atoms with E-state index in [1.165, 1.54) is 0 Å². The largest absolute Gasteiger partial charge is 0.399 e. The van der Waals surface area contributed by atoms with Crippen LogP contribution in [0, 0.1) is 11.8 Å². The summed E-state index contributed by atoms with van der Waals surface area (Å²) in [5, 5.41) is 6.99. The SMILES string of the molecule is CON=CC1CNCC1CN.Cl.Cl. The zero-order valence-electron chi connectivity index (χ0n) is 7.60. The molecule has 6 heteroatoms. The third-order valence-corrected chi connectivity index (χ3v) is 2.05. The molecule has 1 heterocycles. The fraction of sp³-hybridized carbons (Fsp3) is 0.857. The van der Waals surface area contributed by atoms with Crippen LogP contribution in [-0.2, 0) is 4.84 Å². The van der Waals surface area contributed by atoms with Crippen molar-refractivity contribution in [1.29, 1.82) is 0 Å². The van der Waals surface area contributed by atoms with Gasteiger partial charge in [-0.25, -0.2) is 0 Å². The molecule has 0 aromatic heterocycles. The number of halogens is 2. The molecule has 1 aliphatic rings. The van der Waals surface area contributed by atoms with Crippen LogP contribution in [0.15, 0.2) is 5.16 Å². The van der Waals surface area contributed by atoms with E-state index in [2.05, 4.69) is 15.3 Å². The zero-order chi connectivity index (χ0) is 8.10. The van der Waals surface area contributed by atoms with E-state index in [0.717, 1.165) is 13.1 Å². The molecule has 0 aromatic carbocycles. The third-order valence-electron chi connectivity index (χ3n) is 2.05. The van der Waals surface area contributed by atoms with Crippen molar-refractivity contribution in [3.8, 4) is 0 Å². The van der Waals surface area contributed by atoms with E-state index >= 15 is 0 Å². The molecule has 1 fully saturated rings. The van der Waals surface area contributed by atoms with Crippen LogP contribution in [0.25, 0.3) is 0 Å². The zero-order valence-corrected chi connectivity index (χ0v) is 9.24. The van der Waals surface area contributed by atoms with Gasteiger partial charge in [-0.1, -0.05) is 5.16 Å². The molecule has 1 saturated heterocycles. The first-order valence-electron chi connectivity index (χ1n) is 3.86. The highest BCUT2D eigenvalue weighted by atomic mass is 35.5.